The van der Waals surface area contributed by atoms with Crippen LogP contribution >= 0.6 is 0 Å². The standard InChI is InChI=1S/C18H19N3O3S/c1-20(2)15-6-4-14(5-7-15)18-19-12-13-21(18)25(22,23)17-10-8-16(24-3)9-11-17/h4-13H,1-3H3. The lowest BCUT2D eigenvalue weighted by Gasteiger charge is -2.13. The number of methoxy groups -OCH3 is 1. The summed E-state index contributed by atoms with van der Waals surface area (Å²) in [5, 5.41) is 0. The van der Waals surface area contributed by atoms with Gasteiger partial charge in [0.2, 0.25) is 0 Å². The minimum absolute atomic E-state index is 0.178. The quantitative estimate of drug-likeness (QED) is 0.702. The maximum Gasteiger partial charge on any atom is 0.269 e. The van der Waals surface area contributed by atoms with E-state index in [4.69, 9.17) is 4.74 Å². The Morgan fingerprint density at radius 2 is 1.64 bits per heavy atom. The molecule has 1 heterocycles. The summed E-state index contributed by atoms with van der Waals surface area (Å²) in [6.07, 6.45) is 2.94. The van der Waals surface area contributed by atoms with Crippen LogP contribution in [0.5, 0.6) is 5.75 Å². The number of hydrogen-bond acceptors (Lipinski definition) is 5. The van der Waals surface area contributed by atoms with Crippen molar-refractivity contribution < 1.29 is 13.2 Å². The Balaban J connectivity index is 2.02. The topological polar surface area (TPSA) is 64.4 Å². The zero-order valence-corrected chi connectivity index (χ0v) is 15.1. The summed E-state index contributed by atoms with van der Waals surface area (Å²) >= 11 is 0. The molecule has 25 heavy (non-hydrogen) atoms. The first-order chi connectivity index (χ1) is 11.9. The second-order valence-corrected chi connectivity index (χ2v) is 7.48. The van der Waals surface area contributed by atoms with Crippen molar-refractivity contribution in [3.05, 3.63) is 60.9 Å². The van der Waals surface area contributed by atoms with Crippen molar-refractivity contribution in [1.82, 2.24) is 8.96 Å². The molecule has 0 N–H and O–H groups in total. The van der Waals surface area contributed by atoms with Crippen molar-refractivity contribution in [2.45, 2.75) is 4.90 Å². The van der Waals surface area contributed by atoms with Gasteiger partial charge in [0.25, 0.3) is 10.0 Å². The van der Waals surface area contributed by atoms with E-state index in [0.29, 0.717) is 11.6 Å². The minimum atomic E-state index is -3.74. The van der Waals surface area contributed by atoms with Crippen molar-refractivity contribution >= 4 is 15.7 Å². The lowest BCUT2D eigenvalue weighted by molar-refractivity contribution is 0.414. The maximum absolute atomic E-state index is 12.9. The maximum atomic E-state index is 12.9. The van der Waals surface area contributed by atoms with Gasteiger partial charge in [0, 0.05) is 37.7 Å². The summed E-state index contributed by atoms with van der Waals surface area (Å²) in [7, 11) is 1.70. The molecule has 7 heteroatoms. The number of aromatic nitrogens is 2. The molecule has 1 aromatic heterocycles. The van der Waals surface area contributed by atoms with Crippen molar-refractivity contribution in [2.24, 2.45) is 0 Å². The molecule has 0 atom stereocenters. The van der Waals surface area contributed by atoms with Gasteiger partial charge in [0.1, 0.15) is 5.75 Å². The number of nitrogens with zero attached hydrogens (tertiary/aromatic N) is 3. The van der Waals surface area contributed by atoms with Gasteiger partial charge in [0.15, 0.2) is 5.82 Å². The third-order valence-corrected chi connectivity index (χ3v) is 5.55. The fraction of sp³-hybridized carbons (Fsp3) is 0.167. The fourth-order valence-electron chi connectivity index (χ4n) is 2.46. The zero-order chi connectivity index (χ0) is 18.0. The predicted octanol–water partition coefficient (Wildman–Crippen LogP) is 2.86. The molecule has 3 rings (SSSR count). The van der Waals surface area contributed by atoms with Gasteiger partial charge in [-0.3, -0.25) is 0 Å². The molecule has 0 radical (unpaired) electrons. The van der Waals surface area contributed by atoms with Gasteiger partial charge >= 0.3 is 0 Å². The Bertz CT molecular complexity index is 960. The number of rotatable bonds is 5. The van der Waals surface area contributed by atoms with Gasteiger partial charge in [0.05, 0.1) is 12.0 Å². The fourth-order valence-corrected chi connectivity index (χ4v) is 3.76. The first-order valence-electron chi connectivity index (χ1n) is 7.64. The summed E-state index contributed by atoms with van der Waals surface area (Å²) < 4.78 is 32.1. The van der Waals surface area contributed by atoms with Crippen molar-refractivity contribution in [2.75, 3.05) is 26.1 Å². The van der Waals surface area contributed by atoms with Crippen LogP contribution in [0.1, 0.15) is 0 Å². The highest BCUT2D eigenvalue weighted by molar-refractivity contribution is 7.90. The molecule has 0 bridgehead atoms. The lowest BCUT2D eigenvalue weighted by atomic mass is 10.2. The first kappa shape index (κ1) is 17.0. The van der Waals surface area contributed by atoms with Gasteiger partial charge in [-0.25, -0.2) is 17.4 Å². The molecule has 2 aromatic carbocycles. The third kappa shape index (κ3) is 3.23. The summed E-state index contributed by atoms with van der Waals surface area (Å²) in [4.78, 5) is 6.39. The lowest BCUT2D eigenvalue weighted by Crippen LogP contribution is -2.13. The smallest absolute Gasteiger partial charge is 0.269 e. The number of hydrogen-bond donors (Lipinski definition) is 0. The Labute approximate surface area is 147 Å². The second kappa shape index (κ2) is 6.60. The van der Waals surface area contributed by atoms with Crippen molar-refractivity contribution in [3.8, 4) is 17.1 Å². The molecule has 0 aliphatic rings. The van der Waals surface area contributed by atoms with E-state index in [1.165, 1.54) is 35.6 Å². The van der Waals surface area contributed by atoms with E-state index in [2.05, 4.69) is 4.98 Å². The average Bonchev–Trinajstić information content (AvgIpc) is 3.12. The van der Waals surface area contributed by atoms with E-state index in [9.17, 15) is 8.42 Å². The molecule has 0 unspecified atom stereocenters. The van der Waals surface area contributed by atoms with E-state index in [0.717, 1.165) is 11.3 Å². The van der Waals surface area contributed by atoms with Crippen LogP contribution in [0.4, 0.5) is 5.69 Å². The molecule has 0 aliphatic carbocycles. The molecule has 3 aromatic rings. The van der Waals surface area contributed by atoms with Gasteiger partial charge in [-0.15, -0.1) is 0 Å². The predicted molar refractivity (Wildman–Crippen MR) is 97.6 cm³/mol. The van der Waals surface area contributed by atoms with Crippen molar-refractivity contribution in [3.63, 3.8) is 0 Å². The molecule has 0 saturated heterocycles. The number of ether oxygens (including phenoxy) is 1. The Hall–Kier alpha value is -2.80. The molecule has 130 valence electrons. The summed E-state index contributed by atoms with van der Waals surface area (Å²) in [5.74, 6) is 0.977. The third-order valence-electron chi connectivity index (χ3n) is 3.87. The molecule has 0 amide bonds. The van der Waals surface area contributed by atoms with Gasteiger partial charge < -0.3 is 9.64 Å². The van der Waals surface area contributed by atoms with Crippen LogP contribution in [0.3, 0.4) is 0 Å². The van der Waals surface area contributed by atoms with Gasteiger partial charge in [-0.1, -0.05) is 0 Å². The Morgan fingerprint density at radius 3 is 2.20 bits per heavy atom. The van der Waals surface area contributed by atoms with Crippen LogP contribution in [-0.4, -0.2) is 38.6 Å². The van der Waals surface area contributed by atoms with Crippen LogP contribution in [0.15, 0.2) is 65.8 Å². The normalized spacial score (nSPS) is 11.3. The van der Waals surface area contributed by atoms with E-state index in [-0.39, 0.29) is 4.90 Å². The van der Waals surface area contributed by atoms with Crippen LogP contribution in [0.25, 0.3) is 11.4 Å². The molecular weight excluding hydrogens is 338 g/mol. The number of anilines is 1. The SMILES string of the molecule is COc1ccc(S(=O)(=O)n2ccnc2-c2ccc(N(C)C)cc2)cc1. The highest BCUT2D eigenvalue weighted by atomic mass is 32.2. The monoisotopic (exact) mass is 357 g/mol. The van der Waals surface area contributed by atoms with E-state index < -0.39 is 10.0 Å². The minimum Gasteiger partial charge on any atom is -0.497 e. The molecular formula is C18H19N3O3S. The summed E-state index contributed by atoms with van der Waals surface area (Å²) in [5.41, 5.74) is 1.76. The highest BCUT2D eigenvalue weighted by Crippen LogP contribution is 2.25. The van der Waals surface area contributed by atoms with Crippen LogP contribution in [0.2, 0.25) is 0 Å². The van der Waals surface area contributed by atoms with E-state index >= 15 is 0 Å². The van der Waals surface area contributed by atoms with E-state index in [1.807, 2.05) is 43.3 Å². The average molecular weight is 357 g/mol. The molecule has 0 spiro atoms. The molecule has 0 fully saturated rings. The Kier molecular flexibility index (Phi) is 4.50. The first-order valence-corrected chi connectivity index (χ1v) is 9.08. The number of imidazole rings is 1. The highest BCUT2D eigenvalue weighted by Gasteiger charge is 2.21. The Morgan fingerprint density at radius 1 is 1.00 bits per heavy atom. The molecule has 0 aliphatic heterocycles. The van der Waals surface area contributed by atoms with Gasteiger partial charge in [-0.05, 0) is 48.5 Å². The molecule has 6 nitrogen and oxygen atoms in total. The number of benzene rings is 2. The van der Waals surface area contributed by atoms with Crippen molar-refractivity contribution in [1.29, 1.82) is 0 Å². The van der Waals surface area contributed by atoms with E-state index in [1.54, 1.807) is 12.1 Å². The van der Waals surface area contributed by atoms with Crippen LogP contribution in [0, 0.1) is 0 Å². The zero-order valence-electron chi connectivity index (χ0n) is 14.2. The second-order valence-electron chi connectivity index (χ2n) is 5.67. The largest absolute Gasteiger partial charge is 0.497 e. The summed E-state index contributed by atoms with van der Waals surface area (Å²) in [6.45, 7) is 0. The van der Waals surface area contributed by atoms with Crippen LogP contribution < -0.4 is 9.64 Å². The summed E-state index contributed by atoms with van der Waals surface area (Å²) in [6, 6.07) is 13.9. The van der Waals surface area contributed by atoms with Gasteiger partial charge in [-0.2, -0.15) is 0 Å². The molecule has 0 saturated carbocycles. The van der Waals surface area contributed by atoms with Crippen LogP contribution in [-0.2, 0) is 10.0 Å².